The first-order valence-corrected chi connectivity index (χ1v) is 7.27. The Balaban J connectivity index is 2.00. The third-order valence-corrected chi connectivity index (χ3v) is 3.37. The monoisotopic (exact) mass is 363 g/mol. The number of carboxylic acids is 1. The number of carbonyl (C=O) groups is 2. The van der Waals surface area contributed by atoms with Gasteiger partial charge in [-0.2, -0.15) is 0 Å². The van der Waals surface area contributed by atoms with Crippen LogP contribution in [-0.2, 0) is 4.79 Å². The molecule has 0 aliphatic heterocycles. The van der Waals surface area contributed by atoms with E-state index in [-0.39, 0.29) is 17.9 Å². The van der Waals surface area contributed by atoms with E-state index < -0.39 is 11.9 Å². The van der Waals surface area contributed by atoms with E-state index in [2.05, 4.69) is 21.2 Å². The average Bonchev–Trinajstić information content (AvgIpc) is 2.48. The van der Waals surface area contributed by atoms with Crippen molar-refractivity contribution >= 4 is 33.5 Å². The van der Waals surface area contributed by atoms with Gasteiger partial charge < -0.3 is 15.2 Å². The van der Waals surface area contributed by atoms with Crippen molar-refractivity contribution in [3.63, 3.8) is 0 Å². The zero-order valence-electron chi connectivity index (χ0n) is 11.8. The Hall–Kier alpha value is -2.34. The first-order chi connectivity index (χ1) is 10.5. The smallest absolute Gasteiger partial charge is 0.337 e. The number of hydrogen-bond donors (Lipinski definition) is 2. The molecule has 0 fully saturated rings. The quantitative estimate of drug-likeness (QED) is 0.852. The second-order valence-electron chi connectivity index (χ2n) is 4.64. The van der Waals surface area contributed by atoms with Gasteiger partial charge in [-0.15, -0.1) is 0 Å². The van der Waals surface area contributed by atoms with E-state index in [1.54, 1.807) is 18.2 Å². The average molecular weight is 364 g/mol. The van der Waals surface area contributed by atoms with Gasteiger partial charge in [0.1, 0.15) is 5.75 Å². The van der Waals surface area contributed by atoms with E-state index in [0.717, 1.165) is 5.56 Å². The summed E-state index contributed by atoms with van der Waals surface area (Å²) < 4.78 is 5.97. The summed E-state index contributed by atoms with van der Waals surface area (Å²) >= 11 is 3.20. The van der Waals surface area contributed by atoms with Gasteiger partial charge in [0.2, 0.25) is 0 Å². The Morgan fingerprint density at radius 1 is 1.18 bits per heavy atom. The van der Waals surface area contributed by atoms with Crippen LogP contribution < -0.4 is 10.1 Å². The molecular weight excluding hydrogens is 350 g/mol. The molecule has 0 heterocycles. The van der Waals surface area contributed by atoms with Gasteiger partial charge in [-0.1, -0.05) is 33.6 Å². The second kappa shape index (κ2) is 7.09. The predicted octanol–water partition coefficient (Wildman–Crippen LogP) is 3.47. The highest BCUT2D eigenvalue weighted by molar-refractivity contribution is 9.10. The molecule has 0 aliphatic rings. The van der Waals surface area contributed by atoms with E-state index in [4.69, 9.17) is 9.84 Å². The van der Waals surface area contributed by atoms with Gasteiger partial charge in [0, 0.05) is 4.47 Å². The first kappa shape index (κ1) is 16.0. The lowest BCUT2D eigenvalue weighted by molar-refractivity contribution is -0.118. The number of hydrogen-bond acceptors (Lipinski definition) is 3. The molecular formula is C16H14BrNO4. The number of carboxylic acid groups (broad SMARTS) is 1. The third-order valence-electron chi connectivity index (χ3n) is 2.88. The van der Waals surface area contributed by atoms with Crippen molar-refractivity contribution in [2.75, 3.05) is 11.9 Å². The normalized spacial score (nSPS) is 10.1. The number of carbonyl (C=O) groups excluding carboxylic acids is 1. The third kappa shape index (κ3) is 4.33. The standard InChI is InChI=1S/C16H14BrNO4/c1-10-2-5-12(6-3-10)22-9-15(19)18-14-7-4-11(17)8-13(14)16(20)21/h2-8H,9H2,1H3,(H,18,19)(H,20,21). The molecule has 0 radical (unpaired) electrons. The minimum absolute atomic E-state index is 0.0121. The van der Waals surface area contributed by atoms with Gasteiger partial charge >= 0.3 is 5.97 Å². The fourth-order valence-corrected chi connectivity index (χ4v) is 2.13. The number of amides is 1. The number of benzene rings is 2. The number of aromatic carboxylic acids is 1. The minimum Gasteiger partial charge on any atom is -0.484 e. The van der Waals surface area contributed by atoms with Crippen molar-refractivity contribution in [3.05, 3.63) is 58.1 Å². The van der Waals surface area contributed by atoms with Gasteiger partial charge in [0.25, 0.3) is 5.91 Å². The fraction of sp³-hybridized carbons (Fsp3) is 0.125. The highest BCUT2D eigenvalue weighted by Crippen LogP contribution is 2.21. The first-order valence-electron chi connectivity index (χ1n) is 6.48. The molecule has 6 heteroatoms. The van der Waals surface area contributed by atoms with Gasteiger partial charge in [0.15, 0.2) is 6.61 Å². The van der Waals surface area contributed by atoms with Crippen molar-refractivity contribution in [1.29, 1.82) is 0 Å². The summed E-state index contributed by atoms with van der Waals surface area (Å²) in [5.74, 6) is -0.962. The summed E-state index contributed by atoms with van der Waals surface area (Å²) in [6.45, 7) is 1.76. The van der Waals surface area contributed by atoms with Gasteiger partial charge in [-0.3, -0.25) is 4.79 Å². The van der Waals surface area contributed by atoms with E-state index in [9.17, 15) is 9.59 Å². The lowest BCUT2D eigenvalue weighted by Gasteiger charge is -2.10. The molecule has 0 atom stereocenters. The van der Waals surface area contributed by atoms with Crippen LogP contribution in [0.5, 0.6) is 5.75 Å². The summed E-state index contributed by atoms with van der Waals surface area (Å²) in [5, 5.41) is 11.7. The molecule has 2 aromatic carbocycles. The zero-order chi connectivity index (χ0) is 16.1. The summed E-state index contributed by atoms with van der Waals surface area (Å²) in [7, 11) is 0. The maximum absolute atomic E-state index is 11.9. The Morgan fingerprint density at radius 2 is 1.86 bits per heavy atom. The Kier molecular flexibility index (Phi) is 5.16. The Bertz CT molecular complexity index is 698. The topological polar surface area (TPSA) is 75.6 Å². The van der Waals surface area contributed by atoms with Crippen LogP contribution in [0.25, 0.3) is 0 Å². The molecule has 114 valence electrons. The molecule has 0 bridgehead atoms. The number of rotatable bonds is 5. The van der Waals surface area contributed by atoms with Crippen LogP contribution in [0.2, 0.25) is 0 Å². The van der Waals surface area contributed by atoms with Crippen LogP contribution in [0.1, 0.15) is 15.9 Å². The number of anilines is 1. The summed E-state index contributed by atoms with van der Waals surface area (Å²) in [6, 6.07) is 11.9. The molecule has 0 unspecified atom stereocenters. The van der Waals surface area contributed by atoms with Crippen LogP contribution in [-0.4, -0.2) is 23.6 Å². The molecule has 0 aliphatic carbocycles. The molecule has 0 aromatic heterocycles. The van der Waals surface area contributed by atoms with Crippen LogP contribution in [0, 0.1) is 6.92 Å². The summed E-state index contributed by atoms with van der Waals surface area (Å²) in [4.78, 5) is 23.0. The van der Waals surface area contributed by atoms with Gasteiger partial charge in [-0.05, 0) is 37.3 Å². The SMILES string of the molecule is Cc1ccc(OCC(=O)Nc2ccc(Br)cc2C(=O)O)cc1. The molecule has 0 spiro atoms. The highest BCUT2D eigenvalue weighted by Gasteiger charge is 2.13. The summed E-state index contributed by atoms with van der Waals surface area (Å²) in [6.07, 6.45) is 0. The molecule has 2 rings (SSSR count). The predicted molar refractivity (Wildman–Crippen MR) is 86.4 cm³/mol. The molecule has 22 heavy (non-hydrogen) atoms. The van der Waals surface area contributed by atoms with Gasteiger partial charge in [-0.25, -0.2) is 4.79 Å². The number of halogens is 1. The van der Waals surface area contributed by atoms with Crippen molar-refractivity contribution < 1.29 is 19.4 Å². The van der Waals surface area contributed by atoms with Crippen molar-refractivity contribution in [2.24, 2.45) is 0 Å². The molecule has 1 amide bonds. The molecule has 2 aromatic rings. The molecule has 0 saturated heterocycles. The van der Waals surface area contributed by atoms with E-state index in [1.807, 2.05) is 19.1 Å². The Labute approximate surface area is 136 Å². The zero-order valence-corrected chi connectivity index (χ0v) is 13.4. The lowest BCUT2D eigenvalue weighted by Crippen LogP contribution is -2.21. The largest absolute Gasteiger partial charge is 0.484 e. The van der Waals surface area contributed by atoms with Crippen LogP contribution >= 0.6 is 15.9 Å². The van der Waals surface area contributed by atoms with Gasteiger partial charge in [0.05, 0.1) is 11.3 Å². The molecule has 5 nitrogen and oxygen atoms in total. The maximum Gasteiger partial charge on any atom is 0.337 e. The van der Waals surface area contributed by atoms with E-state index in [1.165, 1.54) is 12.1 Å². The van der Waals surface area contributed by atoms with Crippen molar-refractivity contribution in [3.8, 4) is 5.75 Å². The van der Waals surface area contributed by atoms with Crippen LogP contribution in [0.15, 0.2) is 46.9 Å². The second-order valence-corrected chi connectivity index (χ2v) is 5.56. The molecule has 2 N–H and O–H groups in total. The minimum atomic E-state index is -1.11. The summed E-state index contributed by atoms with van der Waals surface area (Å²) in [5.41, 5.74) is 1.34. The van der Waals surface area contributed by atoms with E-state index >= 15 is 0 Å². The lowest BCUT2D eigenvalue weighted by atomic mass is 10.2. The van der Waals surface area contributed by atoms with Crippen LogP contribution in [0.3, 0.4) is 0 Å². The fourth-order valence-electron chi connectivity index (χ4n) is 1.77. The number of nitrogens with one attached hydrogen (secondary N) is 1. The number of aryl methyl sites for hydroxylation is 1. The highest BCUT2D eigenvalue weighted by atomic mass is 79.9. The van der Waals surface area contributed by atoms with Crippen molar-refractivity contribution in [1.82, 2.24) is 0 Å². The number of ether oxygens (including phenoxy) is 1. The van der Waals surface area contributed by atoms with Crippen molar-refractivity contribution in [2.45, 2.75) is 6.92 Å². The van der Waals surface area contributed by atoms with E-state index in [0.29, 0.717) is 10.2 Å². The maximum atomic E-state index is 11.9. The molecule has 0 saturated carbocycles. The van der Waals surface area contributed by atoms with Crippen LogP contribution in [0.4, 0.5) is 5.69 Å². The Morgan fingerprint density at radius 3 is 2.50 bits per heavy atom.